The van der Waals surface area contributed by atoms with Crippen molar-refractivity contribution in [2.45, 2.75) is 6.92 Å². The van der Waals surface area contributed by atoms with Gasteiger partial charge in [0, 0.05) is 0 Å². The van der Waals surface area contributed by atoms with E-state index in [-0.39, 0.29) is 28.0 Å². The summed E-state index contributed by atoms with van der Waals surface area (Å²) in [5.41, 5.74) is 0.134. The van der Waals surface area contributed by atoms with Gasteiger partial charge in [-0.25, -0.2) is 14.4 Å². The third kappa shape index (κ3) is 2.62. The highest BCUT2D eigenvalue weighted by molar-refractivity contribution is 6.30. The molecule has 0 N–H and O–H groups in total. The van der Waals surface area contributed by atoms with Crippen molar-refractivity contribution in [3.05, 3.63) is 47.3 Å². The first kappa shape index (κ1) is 12.4. The number of aromatic nitrogens is 2. The summed E-state index contributed by atoms with van der Waals surface area (Å²) in [7, 11) is 0. The Balaban J connectivity index is 2.41. The zero-order valence-electron chi connectivity index (χ0n) is 9.35. The fraction of sp³-hybridized carbons (Fsp3) is 0.0833. The average molecular weight is 267 g/mol. The second kappa shape index (κ2) is 5.10. The van der Waals surface area contributed by atoms with Crippen molar-refractivity contribution in [1.29, 1.82) is 0 Å². The fourth-order valence-corrected chi connectivity index (χ4v) is 1.49. The van der Waals surface area contributed by atoms with Crippen LogP contribution in [-0.4, -0.2) is 15.8 Å². The molecule has 0 bridgehead atoms. The molecule has 1 heterocycles. The van der Waals surface area contributed by atoms with Crippen molar-refractivity contribution < 1.29 is 13.9 Å². The van der Waals surface area contributed by atoms with Gasteiger partial charge in [0.2, 0.25) is 0 Å². The summed E-state index contributed by atoms with van der Waals surface area (Å²) in [5.74, 6) is -0.408. The van der Waals surface area contributed by atoms with Crippen molar-refractivity contribution >= 4 is 17.4 Å². The number of carbonyl (C=O) groups excluding carboxylic acids is 1. The van der Waals surface area contributed by atoms with Gasteiger partial charge in [-0.1, -0.05) is 11.6 Å². The van der Waals surface area contributed by atoms with Crippen LogP contribution < -0.4 is 4.74 Å². The molecule has 0 aliphatic carbocycles. The minimum atomic E-state index is -0.511. The Kier molecular flexibility index (Phi) is 3.53. The summed E-state index contributed by atoms with van der Waals surface area (Å²) >= 11 is 5.80. The van der Waals surface area contributed by atoms with Gasteiger partial charge < -0.3 is 4.74 Å². The molecular formula is C12H8ClFN2O2. The maximum Gasteiger partial charge on any atom is 0.183 e. The van der Waals surface area contributed by atoms with Crippen LogP contribution in [-0.2, 0) is 0 Å². The number of benzene rings is 1. The van der Waals surface area contributed by atoms with Crippen LogP contribution >= 0.6 is 11.6 Å². The number of ketones is 1. The SMILES string of the molecule is CC(=O)c1cc(F)ccc1Oc1cncnc1Cl. The van der Waals surface area contributed by atoms with Crippen LogP contribution in [0.25, 0.3) is 0 Å². The van der Waals surface area contributed by atoms with E-state index in [9.17, 15) is 9.18 Å². The molecule has 2 aromatic rings. The zero-order valence-corrected chi connectivity index (χ0v) is 10.1. The molecule has 18 heavy (non-hydrogen) atoms. The number of hydrogen-bond donors (Lipinski definition) is 0. The van der Waals surface area contributed by atoms with Gasteiger partial charge in [0.1, 0.15) is 17.9 Å². The molecule has 6 heteroatoms. The number of hydrogen-bond acceptors (Lipinski definition) is 4. The van der Waals surface area contributed by atoms with E-state index < -0.39 is 5.82 Å². The Labute approximate surface area is 107 Å². The van der Waals surface area contributed by atoms with Crippen LogP contribution in [0.5, 0.6) is 11.5 Å². The summed E-state index contributed by atoms with van der Waals surface area (Å²) in [4.78, 5) is 18.9. The van der Waals surface area contributed by atoms with E-state index in [1.807, 2.05) is 0 Å². The van der Waals surface area contributed by atoms with Crippen molar-refractivity contribution in [3.8, 4) is 11.5 Å². The molecule has 0 aliphatic heterocycles. The van der Waals surface area contributed by atoms with Gasteiger partial charge >= 0.3 is 0 Å². The smallest absolute Gasteiger partial charge is 0.183 e. The molecule has 0 spiro atoms. The number of nitrogens with zero attached hydrogens (tertiary/aromatic N) is 2. The third-order valence-electron chi connectivity index (χ3n) is 2.17. The highest BCUT2D eigenvalue weighted by atomic mass is 35.5. The summed E-state index contributed by atoms with van der Waals surface area (Å²) in [6.45, 7) is 1.32. The van der Waals surface area contributed by atoms with Gasteiger partial charge in [-0.3, -0.25) is 4.79 Å². The molecule has 0 radical (unpaired) electrons. The average Bonchev–Trinajstić information content (AvgIpc) is 2.34. The standard InChI is InChI=1S/C12H8ClFN2O2/c1-7(17)9-4-8(14)2-3-10(9)18-11-5-15-6-16-12(11)13/h2-6H,1H3. The minimum absolute atomic E-state index is 0.115. The second-order valence-corrected chi connectivity index (χ2v) is 3.83. The number of rotatable bonds is 3. The van der Waals surface area contributed by atoms with Gasteiger partial charge in [0.25, 0.3) is 0 Å². The van der Waals surface area contributed by atoms with Gasteiger partial charge in [-0.2, -0.15) is 0 Å². The Morgan fingerprint density at radius 1 is 1.39 bits per heavy atom. The lowest BCUT2D eigenvalue weighted by molar-refractivity contribution is 0.101. The fourth-order valence-electron chi connectivity index (χ4n) is 1.36. The molecule has 0 atom stereocenters. The van der Waals surface area contributed by atoms with E-state index in [4.69, 9.17) is 16.3 Å². The topological polar surface area (TPSA) is 52.1 Å². The Bertz CT molecular complexity index is 604. The molecule has 0 unspecified atom stereocenters. The van der Waals surface area contributed by atoms with Crippen LogP contribution in [0, 0.1) is 5.82 Å². The predicted octanol–water partition coefficient (Wildman–Crippen LogP) is 3.26. The monoisotopic (exact) mass is 266 g/mol. The molecule has 0 saturated heterocycles. The second-order valence-electron chi connectivity index (χ2n) is 3.48. The Morgan fingerprint density at radius 2 is 2.17 bits per heavy atom. The summed E-state index contributed by atoms with van der Waals surface area (Å²) < 4.78 is 18.5. The summed E-state index contributed by atoms with van der Waals surface area (Å²) in [6.07, 6.45) is 2.63. The highest BCUT2D eigenvalue weighted by Gasteiger charge is 2.12. The van der Waals surface area contributed by atoms with E-state index in [0.717, 1.165) is 6.07 Å². The van der Waals surface area contributed by atoms with Crippen LogP contribution in [0.1, 0.15) is 17.3 Å². The van der Waals surface area contributed by atoms with Gasteiger partial charge in [-0.15, -0.1) is 0 Å². The van der Waals surface area contributed by atoms with Gasteiger partial charge in [0.15, 0.2) is 16.7 Å². The number of ether oxygens (including phenoxy) is 1. The molecular weight excluding hydrogens is 259 g/mol. The largest absolute Gasteiger partial charge is 0.452 e. The minimum Gasteiger partial charge on any atom is -0.452 e. The van der Waals surface area contributed by atoms with E-state index >= 15 is 0 Å². The lowest BCUT2D eigenvalue weighted by Crippen LogP contribution is -1.99. The van der Waals surface area contributed by atoms with Crippen LogP contribution in [0.4, 0.5) is 4.39 Å². The molecule has 2 rings (SSSR count). The first-order valence-corrected chi connectivity index (χ1v) is 5.39. The number of halogens is 2. The molecule has 1 aromatic heterocycles. The molecule has 0 aliphatic rings. The van der Waals surface area contributed by atoms with Crippen LogP contribution in [0.3, 0.4) is 0 Å². The number of Topliss-reactive ketones (excluding diaryl/α,β-unsaturated/α-hetero) is 1. The Hall–Kier alpha value is -2.01. The van der Waals surface area contributed by atoms with E-state index in [1.165, 1.54) is 31.6 Å². The normalized spacial score (nSPS) is 10.2. The van der Waals surface area contributed by atoms with E-state index in [1.54, 1.807) is 0 Å². The maximum atomic E-state index is 13.1. The predicted molar refractivity (Wildman–Crippen MR) is 63.5 cm³/mol. The molecule has 0 saturated carbocycles. The lowest BCUT2D eigenvalue weighted by atomic mass is 10.1. The lowest BCUT2D eigenvalue weighted by Gasteiger charge is -2.09. The van der Waals surface area contributed by atoms with Crippen LogP contribution in [0.2, 0.25) is 5.15 Å². The summed E-state index contributed by atoms with van der Waals surface area (Å²) in [5, 5.41) is 0.115. The molecule has 92 valence electrons. The van der Waals surface area contributed by atoms with Crippen LogP contribution in [0.15, 0.2) is 30.7 Å². The van der Waals surface area contributed by atoms with E-state index in [2.05, 4.69) is 9.97 Å². The third-order valence-corrected chi connectivity index (χ3v) is 2.46. The van der Waals surface area contributed by atoms with Gasteiger partial charge in [-0.05, 0) is 25.1 Å². The van der Waals surface area contributed by atoms with Crippen molar-refractivity contribution in [3.63, 3.8) is 0 Å². The molecule has 0 fully saturated rings. The molecule has 1 aromatic carbocycles. The molecule has 0 amide bonds. The van der Waals surface area contributed by atoms with Crippen molar-refractivity contribution in [1.82, 2.24) is 9.97 Å². The highest BCUT2D eigenvalue weighted by Crippen LogP contribution is 2.29. The van der Waals surface area contributed by atoms with Crippen molar-refractivity contribution in [2.24, 2.45) is 0 Å². The first-order valence-electron chi connectivity index (χ1n) is 5.02. The van der Waals surface area contributed by atoms with Gasteiger partial charge in [0.05, 0.1) is 11.8 Å². The summed E-state index contributed by atoms with van der Waals surface area (Å²) in [6, 6.07) is 3.66. The molecule has 4 nitrogen and oxygen atoms in total. The maximum absolute atomic E-state index is 13.1. The number of carbonyl (C=O) groups is 1. The first-order chi connectivity index (χ1) is 8.58. The zero-order chi connectivity index (χ0) is 13.1. The van der Waals surface area contributed by atoms with E-state index in [0.29, 0.717) is 0 Å². The Morgan fingerprint density at radius 3 is 2.83 bits per heavy atom. The van der Waals surface area contributed by atoms with Crippen molar-refractivity contribution in [2.75, 3.05) is 0 Å². The quantitative estimate of drug-likeness (QED) is 0.632.